The second kappa shape index (κ2) is 24.9. The molecule has 0 aliphatic rings. The maximum atomic E-state index is 12.3. The highest BCUT2D eigenvalue weighted by molar-refractivity contribution is 5.69. The Kier molecular flexibility index (Phi) is 22.6. The number of nitrogens with one attached hydrogen (secondary N) is 1. The predicted octanol–water partition coefficient (Wildman–Crippen LogP) is 8.47. The minimum Gasteiger partial charge on any atom is -0.462 e. The molecule has 0 bridgehead atoms. The molecule has 0 saturated carbocycles. The Hall–Kier alpha value is -1.69. The predicted molar refractivity (Wildman–Crippen MR) is 175 cm³/mol. The number of hydrogen-bond acceptors (Lipinski definition) is 6. The van der Waals surface area contributed by atoms with E-state index in [1.807, 2.05) is 0 Å². The molecule has 1 aromatic rings. The minimum absolute atomic E-state index is 0.0134. The van der Waals surface area contributed by atoms with E-state index >= 15 is 0 Å². The monoisotopic (exact) mass is 576 g/mol. The summed E-state index contributed by atoms with van der Waals surface area (Å²) in [6, 6.07) is 0. The van der Waals surface area contributed by atoms with Crippen molar-refractivity contribution >= 4 is 11.7 Å². The fourth-order valence-corrected chi connectivity index (χ4v) is 5.56. The third-order valence-electron chi connectivity index (χ3n) is 8.42. The maximum Gasteiger partial charge on any atom is 0.306 e. The number of anilines is 1. The van der Waals surface area contributed by atoms with E-state index in [-0.39, 0.29) is 22.9 Å². The van der Waals surface area contributed by atoms with Crippen LogP contribution in [0.15, 0.2) is 9.59 Å². The van der Waals surface area contributed by atoms with Gasteiger partial charge in [-0.05, 0) is 71.5 Å². The van der Waals surface area contributed by atoms with Crippen LogP contribution in [0.2, 0.25) is 0 Å². The van der Waals surface area contributed by atoms with Crippen molar-refractivity contribution in [3.63, 3.8) is 0 Å². The van der Waals surface area contributed by atoms with Crippen LogP contribution >= 0.6 is 0 Å². The van der Waals surface area contributed by atoms with E-state index in [1.54, 1.807) is 6.92 Å². The molecular formula is C35H64N2O4. The third-order valence-corrected chi connectivity index (χ3v) is 8.42. The van der Waals surface area contributed by atoms with Gasteiger partial charge in [0.15, 0.2) is 0 Å². The van der Waals surface area contributed by atoms with Crippen LogP contribution in [0.3, 0.4) is 0 Å². The van der Waals surface area contributed by atoms with Crippen LogP contribution < -0.4 is 16.2 Å². The lowest BCUT2D eigenvalue weighted by atomic mass is 10.1. The highest BCUT2D eigenvalue weighted by atomic mass is 16.5. The molecule has 0 fully saturated rings. The van der Waals surface area contributed by atoms with Crippen molar-refractivity contribution < 1.29 is 9.53 Å². The van der Waals surface area contributed by atoms with Crippen LogP contribution in [0.5, 0.6) is 0 Å². The summed E-state index contributed by atoms with van der Waals surface area (Å²) in [5.74, 6) is -0.0134. The largest absolute Gasteiger partial charge is 0.462 e. The molecule has 1 atom stereocenters. The van der Waals surface area contributed by atoms with Crippen LogP contribution in [-0.2, 0) is 9.53 Å². The van der Waals surface area contributed by atoms with Crippen LogP contribution in [0.1, 0.15) is 161 Å². The smallest absolute Gasteiger partial charge is 0.306 e. The number of rotatable bonds is 29. The minimum atomic E-state index is -0.363. The molecule has 238 valence electrons. The Morgan fingerprint density at radius 2 is 1.20 bits per heavy atom. The zero-order valence-corrected chi connectivity index (χ0v) is 27.3. The van der Waals surface area contributed by atoms with E-state index < -0.39 is 0 Å². The third kappa shape index (κ3) is 17.8. The second-order valence-corrected chi connectivity index (χ2v) is 12.1. The second-order valence-electron chi connectivity index (χ2n) is 12.1. The fraction of sp³-hybridized carbons (Fsp3) is 0.857. The van der Waals surface area contributed by atoms with Crippen LogP contribution in [0.4, 0.5) is 5.69 Å². The van der Waals surface area contributed by atoms with E-state index in [0.717, 1.165) is 64.7 Å². The number of unbranched alkanes of at least 4 members (excludes halogenated alkanes) is 14. The quantitative estimate of drug-likeness (QED) is 0.0586. The first kappa shape index (κ1) is 37.3. The molecule has 0 saturated heterocycles. The number of esters is 1. The van der Waals surface area contributed by atoms with Crippen LogP contribution in [0, 0.1) is 6.92 Å². The van der Waals surface area contributed by atoms with E-state index in [0.29, 0.717) is 17.7 Å². The number of nitrogens with zero attached hydrogens (tertiary/aromatic N) is 1. The van der Waals surface area contributed by atoms with Crippen molar-refractivity contribution in [2.45, 2.75) is 169 Å². The van der Waals surface area contributed by atoms with Gasteiger partial charge in [-0.3, -0.25) is 14.4 Å². The van der Waals surface area contributed by atoms with Crippen molar-refractivity contribution in [3.05, 3.63) is 26.0 Å². The van der Waals surface area contributed by atoms with Gasteiger partial charge < -0.3 is 15.0 Å². The van der Waals surface area contributed by atoms with E-state index in [2.05, 4.69) is 31.0 Å². The zero-order valence-electron chi connectivity index (χ0n) is 27.3. The van der Waals surface area contributed by atoms with Crippen molar-refractivity contribution in [2.75, 3.05) is 31.5 Å². The summed E-state index contributed by atoms with van der Waals surface area (Å²) in [4.78, 5) is 38.0. The lowest BCUT2D eigenvalue weighted by molar-refractivity contribution is -0.149. The molecule has 0 aliphatic carbocycles. The molecule has 1 unspecified atom stereocenters. The molecular weight excluding hydrogens is 512 g/mol. The standard InChI is InChI=1S/C35H64N2O4/c1-5-8-10-12-15-19-24-31(7-3)41-32(38)25-20-16-14-18-22-28-37(27-21-17-13-11-9-6-2)29-23-26-36-33-30(4)34(39)35(33)40/h31,36H,5-29H2,1-4H3. The number of carbonyl (C=O) groups excluding carboxylic acids is 1. The van der Waals surface area contributed by atoms with Gasteiger partial charge in [-0.15, -0.1) is 0 Å². The average molecular weight is 577 g/mol. The SMILES string of the molecule is CCCCCCCCC(CC)OC(=O)CCCCCCCN(CCCCCCCC)CCCNc1c(C)c(=O)c1=O. The van der Waals surface area contributed by atoms with E-state index in [1.165, 1.54) is 89.9 Å². The first-order valence-corrected chi connectivity index (χ1v) is 17.4. The molecule has 41 heavy (non-hydrogen) atoms. The Balaban J connectivity index is 2.20. The van der Waals surface area contributed by atoms with Gasteiger partial charge in [-0.1, -0.05) is 104 Å². The van der Waals surface area contributed by atoms with Gasteiger partial charge >= 0.3 is 5.97 Å². The van der Waals surface area contributed by atoms with Gasteiger partial charge in [-0.25, -0.2) is 0 Å². The van der Waals surface area contributed by atoms with Crippen molar-refractivity contribution in [1.82, 2.24) is 4.90 Å². The van der Waals surface area contributed by atoms with Gasteiger partial charge in [0.1, 0.15) is 6.10 Å². The molecule has 0 spiro atoms. The zero-order chi connectivity index (χ0) is 30.1. The van der Waals surface area contributed by atoms with Gasteiger partial charge in [-0.2, -0.15) is 0 Å². The molecule has 6 heteroatoms. The first-order chi connectivity index (χ1) is 19.9. The molecule has 6 nitrogen and oxygen atoms in total. The van der Waals surface area contributed by atoms with Gasteiger partial charge in [0, 0.05) is 18.5 Å². The van der Waals surface area contributed by atoms with Gasteiger partial charge in [0.05, 0.1) is 5.69 Å². The molecule has 1 rings (SSSR count). The van der Waals surface area contributed by atoms with Crippen LogP contribution in [-0.4, -0.2) is 43.2 Å². The highest BCUT2D eigenvalue weighted by Crippen LogP contribution is 2.15. The fourth-order valence-electron chi connectivity index (χ4n) is 5.56. The molecule has 0 radical (unpaired) electrons. The number of carbonyl (C=O) groups is 1. The number of hydrogen-bond donors (Lipinski definition) is 1. The topological polar surface area (TPSA) is 75.7 Å². The summed E-state index contributed by atoms with van der Waals surface area (Å²) in [5.41, 5.74) is 0.385. The van der Waals surface area contributed by atoms with Gasteiger partial charge in [0.25, 0.3) is 0 Å². The molecule has 1 aromatic carbocycles. The Labute approximate surface area is 252 Å². The number of ether oxygens (including phenoxy) is 1. The summed E-state index contributed by atoms with van der Waals surface area (Å²) in [6.07, 6.45) is 24.6. The lowest BCUT2D eigenvalue weighted by Crippen LogP contribution is -2.37. The summed E-state index contributed by atoms with van der Waals surface area (Å²) in [6.45, 7) is 12.3. The van der Waals surface area contributed by atoms with Gasteiger partial charge in [0.2, 0.25) is 10.9 Å². The van der Waals surface area contributed by atoms with E-state index in [9.17, 15) is 14.4 Å². The Morgan fingerprint density at radius 1 is 0.683 bits per heavy atom. The highest BCUT2D eigenvalue weighted by Gasteiger charge is 2.16. The van der Waals surface area contributed by atoms with Crippen molar-refractivity contribution in [3.8, 4) is 0 Å². The lowest BCUT2D eigenvalue weighted by Gasteiger charge is -2.23. The van der Waals surface area contributed by atoms with E-state index in [4.69, 9.17) is 4.74 Å². The van der Waals surface area contributed by atoms with Crippen molar-refractivity contribution in [2.24, 2.45) is 0 Å². The summed E-state index contributed by atoms with van der Waals surface area (Å²) in [5, 5.41) is 3.17. The molecule has 0 amide bonds. The molecule has 0 aromatic heterocycles. The molecule has 0 aliphatic heterocycles. The Morgan fingerprint density at radius 3 is 1.76 bits per heavy atom. The summed E-state index contributed by atoms with van der Waals surface area (Å²) < 4.78 is 5.76. The van der Waals surface area contributed by atoms with Crippen LogP contribution in [0.25, 0.3) is 0 Å². The summed E-state index contributed by atoms with van der Waals surface area (Å²) >= 11 is 0. The Bertz CT molecular complexity index is 846. The normalized spacial score (nSPS) is 12.3. The molecule has 0 heterocycles. The van der Waals surface area contributed by atoms with Crippen molar-refractivity contribution in [1.29, 1.82) is 0 Å². The maximum absolute atomic E-state index is 12.3. The summed E-state index contributed by atoms with van der Waals surface area (Å²) in [7, 11) is 0. The molecule has 1 N–H and O–H groups in total. The average Bonchev–Trinajstić information content (AvgIpc) is 2.98. The first-order valence-electron chi connectivity index (χ1n) is 17.4.